The molecule has 0 radical (unpaired) electrons. The van der Waals surface area contributed by atoms with Crippen molar-refractivity contribution in [2.45, 2.75) is 50.2 Å². The largest absolute Gasteiger partial charge is 0.399 e. The van der Waals surface area contributed by atoms with E-state index in [4.69, 9.17) is 5.73 Å². The first-order chi connectivity index (χ1) is 8.72. The number of hydrogen-bond acceptors (Lipinski definition) is 3. The second-order valence-electron chi connectivity index (χ2n) is 5.84. The molecule has 0 amide bonds. The Labute approximate surface area is 109 Å². The van der Waals surface area contributed by atoms with Crippen LogP contribution in [0.25, 0.3) is 0 Å². The van der Waals surface area contributed by atoms with Crippen molar-refractivity contribution >= 4 is 11.4 Å². The lowest BCUT2D eigenvalue weighted by atomic mass is 9.82. The Hall–Kier alpha value is -1.22. The van der Waals surface area contributed by atoms with Crippen molar-refractivity contribution in [3.05, 3.63) is 24.3 Å². The Bertz CT molecular complexity index is 387. The summed E-state index contributed by atoms with van der Waals surface area (Å²) >= 11 is 0. The van der Waals surface area contributed by atoms with E-state index in [1.165, 1.54) is 37.8 Å². The van der Waals surface area contributed by atoms with Crippen LogP contribution in [0, 0.1) is 0 Å². The summed E-state index contributed by atoms with van der Waals surface area (Å²) in [5.74, 6) is 0. The van der Waals surface area contributed by atoms with Crippen molar-refractivity contribution in [2.75, 3.05) is 18.1 Å². The topological polar surface area (TPSA) is 41.3 Å². The van der Waals surface area contributed by atoms with E-state index >= 15 is 0 Å². The van der Waals surface area contributed by atoms with Crippen molar-refractivity contribution in [3.63, 3.8) is 0 Å². The first-order valence-corrected chi connectivity index (χ1v) is 7.06. The van der Waals surface area contributed by atoms with Gasteiger partial charge in [-0.3, -0.25) is 0 Å². The third-order valence-corrected chi connectivity index (χ3v) is 4.62. The van der Waals surface area contributed by atoms with Crippen LogP contribution >= 0.6 is 0 Å². The first kappa shape index (κ1) is 11.8. The van der Waals surface area contributed by atoms with Gasteiger partial charge in [-0.2, -0.15) is 0 Å². The number of piperidine rings is 2. The smallest absolute Gasteiger partial charge is 0.0343 e. The van der Waals surface area contributed by atoms with Gasteiger partial charge in [0, 0.05) is 29.5 Å². The van der Waals surface area contributed by atoms with E-state index in [2.05, 4.69) is 29.4 Å². The molecule has 3 rings (SSSR count). The van der Waals surface area contributed by atoms with Crippen LogP contribution in [-0.4, -0.2) is 30.1 Å². The number of benzene rings is 1. The van der Waals surface area contributed by atoms with Gasteiger partial charge >= 0.3 is 0 Å². The summed E-state index contributed by atoms with van der Waals surface area (Å²) in [6.45, 7) is 0. The van der Waals surface area contributed by atoms with Gasteiger partial charge < -0.3 is 16.0 Å². The van der Waals surface area contributed by atoms with Crippen molar-refractivity contribution in [1.82, 2.24) is 4.90 Å². The predicted octanol–water partition coefficient (Wildman–Crippen LogP) is 2.70. The highest BCUT2D eigenvalue weighted by Crippen LogP contribution is 2.33. The Morgan fingerprint density at radius 3 is 2.33 bits per heavy atom. The number of rotatable bonds is 2. The van der Waals surface area contributed by atoms with Crippen molar-refractivity contribution < 1.29 is 0 Å². The van der Waals surface area contributed by atoms with Gasteiger partial charge in [0.2, 0.25) is 0 Å². The van der Waals surface area contributed by atoms with Crippen LogP contribution in [0.4, 0.5) is 11.4 Å². The normalized spacial score (nSPS) is 32.2. The maximum absolute atomic E-state index is 5.72. The molecule has 2 unspecified atom stereocenters. The lowest BCUT2D eigenvalue weighted by molar-refractivity contribution is 0.0608. The number of fused-ring (bicyclic) bond motifs is 2. The van der Waals surface area contributed by atoms with Gasteiger partial charge in [0.1, 0.15) is 0 Å². The lowest BCUT2D eigenvalue weighted by Gasteiger charge is -2.47. The maximum atomic E-state index is 5.72. The molecular weight excluding hydrogens is 222 g/mol. The molecule has 2 aliphatic heterocycles. The summed E-state index contributed by atoms with van der Waals surface area (Å²) in [7, 11) is 2.30. The average molecular weight is 245 g/mol. The highest BCUT2D eigenvalue weighted by molar-refractivity contribution is 5.51. The zero-order valence-electron chi connectivity index (χ0n) is 11.1. The van der Waals surface area contributed by atoms with Crippen LogP contribution in [0.2, 0.25) is 0 Å². The molecule has 18 heavy (non-hydrogen) atoms. The molecule has 3 N–H and O–H groups in total. The lowest BCUT2D eigenvalue weighted by Crippen LogP contribution is -2.52. The fraction of sp³-hybridized carbons (Fsp3) is 0.600. The molecule has 2 bridgehead atoms. The number of nitrogen functional groups attached to an aromatic ring is 1. The van der Waals surface area contributed by atoms with Crippen LogP contribution < -0.4 is 11.1 Å². The van der Waals surface area contributed by atoms with E-state index in [0.717, 1.165) is 17.8 Å². The van der Waals surface area contributed by atoms with Gasteiger partial charge in [0.05, 0.1) is 0 Å². The Kier molecular flexibility index (Phi) is 3.16. The van der Waals surface area contributed by atoms with E-state index in [1.54, 1.807) is 0 Å². The molecule has 2 aliphatic rings. The molecule has 0 spiro atoms. The molecule has 98 valence electrons. The number of hydrogen-bond donors (Lipinski definition) is 2. The highest BCUT2D eigenvalue weighted by atomic mass is 15.2. The van der Waals surface area contributed by atoms with Crippen LogP contribution in [0.3, 0.4) is 0 Å². The minimum Gasteiger partial charge on any atom is -0.399 e. The fourth-order valence-electron chi connectivity index (χ4n) is 3.55. The summed E-state index contributed by atoms with van der Waals surface area (Å²) in [6.07, 6.45) is 6.70. The van der Waals surface area contributed by atoms with E-state index in [0.29, 0.717) is 6.04 Å². The van der Waals surface area contributed by atoms with Gasteiger partial charge in [-0.25, -0.2) is 0 Å². The van der Waals surface area contributed by atoms with E-state index in [-0.39, 0.29) is 0 Å². The number of anilines is 2. The molecule has 2 fully saturated rings. The summed E-state index contributed by atoms with van der Waals surface area (Å²) in [6, 6.07) is 10.3. The summed E-state index contributed by atoms with van der Waals surface area (Å²) in [5.41, 5.74) is 7.76. The van der Waals surface area contributed by atoms with Gasteiger partial charge in [0.15, 0.2) is 0 Å². The zero-order chi connectivity index (χ0) is 12.5. The SMILES string of the molecule is CN1C2CCCC1CC(Nc1ccc(N)cc1)C2. The molecule has 0 saturated carbocycles. The molecule has 0 aliphatic carbocycles. The molecule has 2 saturated heterocycles. The minimum atomic E-state index is 0.625. The van der Waals surface area contributed by atoms with E-state index in [9.17, 15) is 0 Å². The predicted molar refractivity (Wildman–Crippen MR) is 76.7 cm³/mol. The highest BCUT2D eigenvalue weighted by Gasteiger charge is 2.35. The monoisotopic (exact) mass is 245 g/mol. The molecule has 1 aromatic carbocycles. The summed E-state index contributed by atoms with van der Waals surface area (Å²) in [4.78, 5) is 2.60. The zero-order valence-corrected chi connectivity index (χ0v) is 11.1. The quantitative estimate of drug-likeness (QED) is 0.787. The maximum Gasteiger partial charge on any atom is 0.0343 e. The number of nitrogens with zero attached hydrogens (tertiary/aromatic N) is 1. The molecule has 2 heterocycles. The molecule has 3 nitrogen and oxygen atoms in total. The molecule has 2 atom stereocenters. The first-order valence-electron chi connectivity index (χ1n) is 7.06. The second kappa shape index (κ2) is 4.81. The third kappa shape index (κ3) is 2.32. The van der Waals surface area contributed by atoms with Crippen LogP contribution in [0.15, 0.2) is 24.3 Å². The van der Waals surface area contributed by atoms with Crippen molar-refractivity contribution in [3.8, 4) is 0 Å². The Balaban J connectivity index is 1.66. The van der Waals surface area contributed by atoms with Gasteiger partial charge in [-0.1, -0.05) is 6.42 Å². The minimum absolute atomic E-state index is 0.625. The van der Waals surface area contributed by atoms with Gasteiger partial charge in [-0.15, -0.1) is 0 Å². The number of nitrogens with two attached hydrogens (primary N) is 1. The van der Waals surface area contributed by atoms with E-state index in [1.807, 2.05) is 12.1 Å². The van der Waals surface area contributed by atoms with E-state index < -0.39 is 0 Å². The molecular formula is C15H23N3. The van der Waals surface area contributed by atoms with Gasteiger partial charge in [0.25, 0.3) is 0 Å². The van der Waals surface area contributed by atoms with Crippen LogP contribution in [-0.2, 0) is 0 Å². The van der Waals surface area contributed by atoms with Crippen molar-refractivity contribution in [2.24, 2.45) is 0 Å². The average Bonchev–Trinajstić information content (AvgIpc) is 2.33. The molecule has 0 aromatic heterocycles. The summed E-state index contributed by atoms with van der Waals surface area (Å²) < 4.78 is 0. The Morgan fingerprint density at radius 1 is 1.11 bits per heavy atom. The standard InChI is InChI=1S/C15H23N3/c1-18-14-3-2-4-15(18)10-13(9-14)17-12-7-5-11(16)6-8-12/h5-8,13-15,17H,2-4,9-10,16H2,1H3. The van der Waals surface area contributed by atoms with Crippen LogP contribution in [0.5, 0.6) is 0 Å². The van der Waals surface area contributed by atoms with Gasteiger partial charge in [-0.05, 0) is 57.0 Å². The fourth-order valence-corrected chi connectivity index (χ4v) is 3.55. The van der Waals surface area contributed by atoms with Crippen molar-refractivity contribution in [1.29, 1.82) is 0 Å². The summed E-state index contributed by atoms with van der Waals surface area (Å²) in [5, 5.41) is 3.68. The third-order valence-electron chi connectivity index (χ3n) is 4.62. The molecule has 3 heteroatoms. The Morgan fingerprint density at radius 2 is 1.72 bits per heavy atom. The number of nitrogens with one attached hydrogen (secondary N) is 1. The second-order valence-corrected chi connectivity index (χ2v) is 5.84. The molecule has 1 aromatic rings. The van der Waals surface area contributed by atoms with Crippen LogP contribution in [0.1, 0.15) is 32.1 Å².